The standard InChI is InChI=1S/C14H12BrNO2/c15-8-5-6-12-10(7-8)13(14(17)18)9-3-1-2-4-11(9)16-12/h5-7H,1-4H2,(H,17,18). The molecule has 0 radical (unpaired) electrons. The second-order valence-corrected chi connectivity index (χ2v) is 5.50. The largest absolute Gasteiger partial charge is 0.478 e. The Kier molecular flexibility index (Phi) is 2.82. The third-order valence-corrected chi connectivity index (χ3v) is 3.93. The molecule has 0 saturated heterocycles. The molecule has 1 heterocycles. The smallest absolute Gasteiger partial charge is 0.336 e. The maximum Gasteiger partial charge on any atom is 0.336 e. The number of carboxylic acid groups (broad SMARTS) is 1. The number of aryl methyl sites for hydroxylation is 1. The molecule has 0 atom stereocenters. The van der Waals surface area contributed by atoms with Gasteiger partial charge in [0.25, 0.3) is 0 Å². The molecule has 4 heteroatoms. The summed E-state index contributed by atoms with van der Waals surface area (Å²) in [5, 5.41) is 10.2. The van der Waals surface area contributed by atoms with Crippen molar-refractivity contribution in [3.63, 3.8) is 0 Å². The lowest BCUT2D eigenvalue weighted by molar-refractivity contribution is 0.0697. The molecule has 3 nitrogen and oxygen atoms in total. The van der Waals surface area contributed by atoms with Crippen LogP contribution in [0.25, 0.3) is 10.9 Å². The topological polar surface area (TPSA) is 50.2 Å². The molecule has 0 amide bonds. The summed E-state index contributed by atoms with van der Waals surface area (Å²) in [6, 6.07) is 5.62. The molecule has 92 valence electrons. The van der Waals surface area contributed by atoms with E-state index in [1.165, 1.54) is 0 Å². The highest BCUT2D eigenvalue weighted by Gasteiger charge is 2.22. The fraction of sp³-hybridized carbons (Fsp3) is 0.286. The van der Waals surface area contributed by atoms with Gasteiger partial charge in [0, 0.05) is 15.6 Å². The van der Waals surface area contributed by atoms with Crippen LogP contribution < -0.4 is 0 Å². The third kappa shape index (κ3) is 1.81. The van der Waals surface area contributed by atoms with Gasteiger partial charge in [-0.25, -0.2) is 4.79 Å². The summed E-state index contributed by atoms with van der Waals surface area (Å²) in [5.41, 5.74) is 3.11. The summed E-state index contributed by atoms with van der Waals surface area (Å²) < 4.78 is 0.884. The number of benzene rings is 1. The molecular weight excluding hydrogens is 294 g/mol. The van der Waals surface area contributed by atoms with Crippen molar-refractivity contribution in [3.05, 3.63) is 39.5 Å². The fourth-order valence-electron chi connectivity index (χ4n) is 2.64. The number of hydrogen-bond donors (Lipinski definition) is 1. The number of halogens is 1. The van der Waals surface area contributed by atoms with Crippen molar-refractivity contribution in [3.8, 4) is 0 Å². The fourth-order valence-corrected chi connectivity index (χ4v) is 3.00. The first-order chi connectivity index (χ1) is 8.66. The van der Waals surface area contributed by atoms with E-state index >= 15 is 0 Å². The Labute approximate surface area is 113 Å². The second-order valence-electron chi connectivity index (χ2n) is 4.59. The van der Waals surface area contributed by atoms with E-state index in [0.717, 1.165) is 52.3 Å². The molecule has 0 unspecified atom stereocenters. The van der Waals surface area contributed by atoms with Crippen molar-refractivity contribution >= 4 is 32.8 Å². The molecule has 1 aromatic heterocycles. The predicted molar refractivity (Wildman–Crippen MR) is 73.0 cm³/mol. The summed E-state index contributed by atoms with van der Waals surface area (Å²) in [6.45, 7) is 0. The van der Waals surface area contributed by atoms with Crippen molar-refractivity contribution in [1.82, 2.24) is 4.98 Å². The molecule has 18 heavy (non-hydrogen) atoms. The maximum atomic E-state index is 11.6. The van der Waals surface area contributed by atoms with Gasteiger partial charge in [-0.15, -0.1) is 0 Å². The second kappa shape index (κ2) is 4.35. The molecule has 0 fully saturated rings. The zero-order valence-electron chi connectivity index (χ0n) is 9.74. The number of carboxylic acids is 1. The Bertz CT molecular complexity index is 652. The van der Waals surface area contributed by atoms with Crippen molar-refractivity contribution < 1.29 is 9.90 Å². The number of aromatic carboxylic acids is 1. The van der Waals surface area contributed by atoms with Crippen LogP contribution in [0.4, 0.5) is 0 Å². The Morgan fingerprint density at radius 2 is 2.06 bits per heavy atom. The molecule has 2 aromatic rings. The average molecular weight is 306 g/mol. The summed E-state index contributed by atoms with van der Waals surface area (Å²) >= 11 is 3.39. The zero-order chi connectivity index (χ0) is 12.7. The normalized spacial score (nSPS) is 14.5. The summed E-state index contributed by atoms with van der Waals surface area (Å²) in [5.74, 6) is -0.848. The van der Waals surface area contributed by atoms with Gasteiger partial charge in [-0.2, -0.15) is 0 Å². The maximum absolute atomic E-state index is 11.6. The van der Waals surface area contributed by atoms with Crippen LogP contribution in [0.2, 0.25) is 0 Å². The monoisotopic (exact) mass is 305 g/mol. The number of aromatic nitrogens is 1. The van der Waals surface area contributed by atoms with E-state index in [0.29, 0.717) is 5.56 Å². The molecule has 0 spiro atoms. The van der Waals surface area contributed by atoms with Crippen LogP contribution in [0, 0.1) is 0 Å². The molecule has 1 N–H and O–H groups in total. The van der Waals surface area contributed by atoms with E-state index in [4.69, 9.17) is 0 Å². The van der Waals surface area contributed by atoms with E-state index < -0.39 is 5.97 Å². The van der Waals surface area contributed by atoms with Gasteiger partial charge in [0.1, 0.15) is 0 Å². The first-order valence-electron chi connectivity index (χ1n) is 6.01. The van der Waals surface area contributed by atoms with Crippen molar-refractivity contribution in [2.24, 2.45) is 0 Å². The van der Waals surface area contributed by atoms with E-state index in [1.807, 2.05) is 18.2 Å². The van der Waals surface area contributed by atoms with Gasteiger partial charge in [-0.05, 0) is 49.4 Å². The first-order valence-corrected chi connectivity index (χ1v) is 6.80. The van der Waals surface area contributed by atoms with Crippen LogP contribution in [0.1, 0.15) is 34.5 Å². The van der Waals surface area contributed by atoms with Crippen LogP contribution in [0.15, 0.2) is 22.7 Å². The lowest BCUT2D eigenvalue weighted by atomic mass is 9.90. The molecular formula is C14H12BrNO2. The van der Waals surface area contributed by atoms with Gasteiger partial charge in [0.2, 0.25) is 0 Å². The summed E-state index contributed by atoms with van der Waals surface area (Å²) in [6.07, 6.45) is 3.86. The average Bonchev–Trinajstić information content (AvgIpc) is 2.35. The van der Waals surface area contributed by atoms with Gasteiger partial charge in [0.15, 0.2) is 0 Å². The van der Waals surface area contributed by atoms with E-state index in [-0.39, 0.29) is 0 Å². The highest BCUT2D eigenvalue weighted by Crippen LogP contribution is 2.30. The summed E-state index contributed by atoms with van der Waals surface area (Å²) in [4.78, 5) is 16.2. The SMILES string of the molecule is O=C(O)c1c2c(nc3ccc(Br)cc13)CCCC2. The van der Waals surface area contributed by atoms with Gasteiger partial charge in [0.05, 0.1) is 11.1 Å². The lowest BCUT2D eigenvalue weighted by Crippen LogP contribution is -2.13. The minimum atomic E-state index is -0.848. The number of carbonyl (C=O) groups is 1. The number of nitrogens with zero attached hydrogens (tertiary/aromatic N) is 1. The minimum Gasteiger partial charge on any atom is -0.478 e. The van der Waals surface area contributed by atoms with Crippen molar-refractivity contribution in [1.29, 1.82) is 0 Å². The van der Waals surface area contributed by atoms with Gasteiger partial charge in [-0.1, -0.05) is 15.9 Å². The molecule has 3 rings (SSSR count). The van der Waals surface area contributed by atoms with Crippen LogP contribution in [0.5, 0.6) is 0 Å². The van der Waals surface area contributed by atoms with Crippen LogP contribution >= 0.6 is 15.9 Å². The van der Waals surface area contributed by atoms with Gasteiger partial charge < -0.3 is 5.11 Å². The molecule has 1 aliphatic rings. The van der Waals surface area contributed by atoms with Crippen LogP contribution in [-0.2, 0) is 12.8 Å². The molecule has 1 aliphatic carbocycles. The number of pyridine rings is 1. The number of rotatable bonds is 1. The summed E-state index contributed by atoms with van der Waals surface area (Å²) in [7, 11) is 0. The van der Waals surface area contributed by atoms with Crippen LogP contribution in [0.3, 0.4) is 0 Å². The zero-order valence-corrected chi connectivity index (χ0v) is 11.3. The molecule has 0 bridgehead atoms. The third-order valence-electron chi connectivity index (χ3n) is 3.44. The lowest BCUT2D eigenvalue weighted by Gasteiger charge is -2.18. The minimum absolute atomic E-state index is 0.441. The first kappa shape index (κ1) is 11.7. The Morgan fingerprint density at radius 1 is 1.28 bits per heavy atom. The predicted octanol–water partition coefficient (Wildman–Crippen LogP) is 3.57. The van der Waals surface area contributed by atoms with Gasteiger partial charge >= 0.3 is 5.97 Å². The Hall–Kier alpha value is -1.42. The molecule has 0 saturated carbocycles. The highest BCUT2D eigenvalue weighted by molar-refractivity contribution is 9.10. The van der Waals surface area contributed by atoms with Crippen molar-refractivity contribution in [2.45, 2.75) is 25.7 Å². The number of fused-ring (bicyclic) bond motifs is 2. The Balaban J connectivity index is 2.41. The number of hydrogen-bond acceptors (Lipinski definition) is 2. The molecule has 0 aliphatic heterocycles. The van der Waals surface area contributed by atoms with E-state index in [2.05, 4.69) is 20.9 Å². The Morgan fingerprint density at radius 3 is 2.83 bits per heavy atom. The van der Waals surface area contributed by atoms with E-state index in [1.54, 1.807) is 0 Å². The molecule has 1 aromatic carbocycles. The van der Waals surface area contributed by atoms with E-state index in [9.17, 15) is 9.90 Å². The van der Waals surface area contributed by atoms with Gasteiger partial charge in [-0.3, -0.25) is 4.98 Å². The van der Waals surface area contributed by atoms with Crippen LogP contribution in [-0.4, -0.2) is 16.1 Å². The quantitative estimate of drug-likeness (QED) is 0.876. The van der Waals surface area contributed by atoms with Crippen molar-refractivity contribution in [2.75, 3.05) is 0 Å². The highest BCUT2D eigenvalue weighted by atomic mass is 79.9.